The molecule has 1 unspecified atom stereocenters. The molecule has 0 bridgehead atoms. The first kappa shape index (κ1) is 22.3. The van der Waals surface area contributed by atoms with Gasteiger partial charge in [0.15, 0.2) is 4.21 Å². The molecule has 2 aliphatic carbocycles. The standard InChI is InChI=1S/C22H37ClN2O2S/c1-21(2,3)25-20(26)22(23,28-4)19(14-24-25)17-12-10-16(11-13-17)15-27-18-8-6-5-7-9-18/h14,16-18,24H,5-13,15H2,1-4H3. The number of carbonyl (C=O) groups is 1. The average Bonchev–Trinajstić information content (AvgIpc) is 2.69. The van der Waals surface area contributed by atoms with E-state index < -0.39 is 4.21 Å². The van der Waals surface area contributed by atoms with Gasteiger partial charge in [0.25, 0.3) is 5.91 Å². The summed E-state index contributed by atoms with van der Waals surface area (Å²) in [5.74, 6) is 0.972. The average molecular weight is 429 g/mol. The monoisotopic (exact) mass is 428 g/mol. The number of thioether (sulfide) groups is 1. The van der Waals surface area contributed by atoms with Gasteiger partial charge in [-0.1, -0.05) is 30.9 Å². The highest BCUT2D eigenvalue weighted by atomic mass is 35.5. The topological polar surface area (TPSA) is 41.6 Å². The zero-order valence-corrected chi connectivity index (χ0v) is 19.5. The number of halogens is 1. The maximum absolute atomic E-state index is 13.2. The lowest BCUT2D eigenvalue weighted by molar-refractivity contribution is -0.140. The number of hydrogen-bond acceptors (Lipinski definition) is 4. The van der Waals surface area contributed by atoms with Crippen molar-refractivity contribution in [3.05, 3.63) is 11.8 Å². The van der Waals surface area contributed by atoms with E-state index in [9.17, 15) is 4.79 Å². The lowest BCUT2D eigenvalue weighted by atomic mass is 9.77. The molecule has 1 heterocycles. The molecular weight excluding hydrogens is 392 g/mol. The molecule has 0 spiro atoms. The maximum Gasteiger partial charge on any atom is 0.277 e. The Bertz CT molecular complexity index is 578. The van der Waals surface area contributed by atoms with Crippen molar-refractivity contribution in [2.24, 2.45) is 11.8 Å². The van der Waals surface area contributed by atoms with Crippen LogP contribution in [0.1, 0.15) is 78.6 Å². The van der Waals surface area contributed by atoms with Crippen LogP contribution < -0.4 is 5.43 Å². The Morgan fingerprint density at radius 1 is 1.18 bits per heavy atom. The molecule has 2 saturated carbocycles. The van der Waals surface area contributed by atoms with Crippen LogP contribution in [0.2, 0.25) is 0 Å². The van der Waals surface area contributed by atoms with E-state index in [0.717, 1.165) is 37.9 Å². The van der Waals surface area contributed by atoms with Gasteiger partial charge in [-0.25, -0.2) is 5.01 Å². The van der Waals surface area contributed by atoms with Gasteiger partial charge in [0.2, 0.25) is 0 Å². The fraction of sp³-hybridized carbons (Fsp3) is 0.864. The molecular formula is C22H37ClN2O2S. The molecule has 160 valence electrons. The summed E-state index contributed by atoms with van der Waals surface area (Å²) in [6.07, 6.45) is 15.4. The van der Waals surface area contributed by atoms with Crippen LogP contribution in [0.5, 0.6) is 0 Å². The number of hydrogen-bond donors (Lipinski definition) is 1. The maximum atomic E-state index is 13.2. The van der Waals surface area contributed by atoms with E-state index in [4.69, 9.17) is 16.3 Å². The van der Waals surface area contributed by atoms with E-state index in [2.05, 4.69) is 5.43 Å². The summed E-state index contributed by atoms with van der Waals surface area (Å²) in [7, 11) is 0. The number of alkyl halides is 1. The first-order valence-corrected chi connectivity index (χ1v) is 12.5. The third kappa shape index (κ3) is 4.84. The minimum atomic E-state index is -0.991. The molecule has 0 radical (unpaired) electrons. The number of hydrazine groups is 1. The molecule has 1 aliphatic heterocycles. The van der Waals surface area contributed by atoms with Crippen molar-refractivity contribution in [2.75, 3.05) is 12.9 Å². The van der Waals surface area contributed by atoms with Crippen LogP contribution >= 0.6 is 23.4 Å². The van der Waals surface area contributed by atoms with E-state index in [1.54, 1.807) is 5.01 Å². The zero-order valence-electron chi connectivity index (χ0n) is 17.9. The van der Waals surface area contributed by atoms with Gasteiger partial charge in [0, 0.05) is 12.8 Å². The summed E-state index contributed by atoms with van der Waals surface area (Å²) >= 11 is 8.40. The fourth-order valence-electron chi connectivity index (χ4n) is 4.78. The minimum Gasteiger partial charge on any atom is -0.378 e. The van der Waals surface area contributed by atoms with Crippen LogP contribution in [0.4, 0.5) is 0 Å². The van der Waals surface area contributed by atoms with Crippen molar-refractivity contribution < 1.29 is 9.53 Å². The predicted octanol–water partition coefficient (Wildman–Crippen LogP) is 5.47. The van der Waals surface area contributed by atoms with Crippen LogP contribution in [0.25, 0.3) is 0 Å². The van der Waals surface area contributed by atoms with Crippen molar-refractivity contribution >= 4 is 29.3 Å². The van der Waals surface area contributed by atoms with Crippen LogP contribution in [0, 0.1) is 11.8 Å². The van der Waals surface area contributed by atoms with E-state index in [1.165, 1.54) is 43.9 Å². The van der Waals surface area contributed by atoms with Crippen molar-refractivity contribution in [3.63, 3.8) is 0 Å². The fourth-order valence-corrected chi connectivity index (χ4v) is 5.80. The SMILES string of the molecule is CSC1(Cl)C(=O)N(C(C)(C)C)NC=C1C1CCC(COC2CCCCC2)CC1. The highest BCUT2D eigenvalue weighted by molar-refractivity contribution is 8.02. The van der Waals surface area contributed by atoms with E-state index in [-0.39, 0.29) is 11.4 Å². The minimum absolute atomic E-state index is 0.0468. The van der Waals surface area contributed by atoms with Crippen molar-refractivity contribution in [3.8, 4) is 0 Å². The Labute approximate surface area is 180 Å². The Kier molecular flexibility index (Phi) is 7.31. The number of rotatable bonds is 5. The summed E-state index contributed by atoms with van der Waals surface area (Å²) in [5.41, 5.74) is 3.96. The second-order valence-corrected chi connectivity index (χ2v) is 11.5. The highest BCUT2D eigenvalue weighted by Crippen LogP contribution is 2.48. The smallest absolute Gasteiger partial charge is 0.277 e. The Morgan fingerprint density at radius 2 is 1.82 bits per heavy atom. The molecule has 0 aromatic heterocycles. The summed E-state index contributed by atoms with van der Waals surface area (Å²) in [6.45, 7) is 6.96. The molecule has 0 aromatic carbocycles. The van der Waals surface area contributed by atoms with E-state index in [1.807, 2.05) is 33.2 Å². The van der Waals surface area contributed by atoms with Crippen molar-refractivity contribution in [1.82, 2.24) is 10.4 Å². The zero-order chi connectivity index (χ0) is 20.4. The quantitative estimate of drug-likeness (QED) is 0.589. The van der Waals surface area contributed by atoms with Gasteiger partial charge in [-0.2, -0.15) is 0 Å². The molecule has 0 aromatic rings. The van der Waals surface area contributed by atoms with Crippen LogP contribution in [0.3, 0.4) is 0 Å². The van der Waals surface area contributed by atoms with Crippen LogP contribution in [-0.2, 0) is 9.53 Å². The molecule has 3 rings (SSSR count). The summed E-state index contributed by atoms with van der Waals surface area (Å²) in [6, 6.07) is 0. The lowest BCUT2D eigenvalue weighted by Gasteiger charge is -2.46. The molecule has 1 atom stereocenters. The number of ether oxygens (including phenoxy) is 1. The second-order valence-electron chi connectivity index (χ2n) is 9.65. The van der Waals surface area contributed by atoms with Gasteiger partial charge < -0.3 is 10.2 Å². The van der Waals surface area contributed by atoms with Gasteiger partial charge >= 0.3 is 0 Å². The third-order valence-electron chi connectivity index (χ3n) is 6.56. The number of nitrogens with zero attached hydrogens (tertiary/aromatic N) is 1. The van der Waals surface area contributed by atoms with Gasteiger partial charge in [-0.05, 0) is 83.0 Å². The van der Waals surface area contributed by atoms with Gasteiger partial charge in [-0.3, -0.25) is 4.79 Å². The number of nitrogens with one attached hydrogen (secondary N) is 1. The second kappa shape index (κ2) is 9.18. The third-order valence-corrected chi connectivity index (χ3v) is 8.37. The van der Waals surface area contributed by atoms with Gasteiger partial charge in [0.1, 0.15) is 0 Å². The predicted molar refractivity (Wildman–Crippen MR) is 118 cm³/mol. The molecule has 28 heavy (non-hydrogen) atoms. The van der Waals surface area contributed by atoms with Crippen molar-refractivity contribution in [2.45, 2.75) is 94.4 Å². The van der Waals surface area contributed by atoms with Crippen LogP contribution in [0.15, 0.2) is 11.8 Å². The van der Waals surface area contributed by atoms with E-state index >= 15 is 0 Å². The van der Waals surface area contributed by atoms with E-state index in [0.29, 0.717) is 17.9 Å². The largest absolute Gasteiger partial charge is 0.378 e. The highest BCUT2D eigenvalue weighted by Gasteiger charge is 2.50. The van der Waals surface area contributed by atoms with Gasteiger partial charge in [-0.15, -0.1) is 11.8 Å². The Hall–Kier alpha value is -0.390. The molecule has 3 aliphatic rings. The molecule has 6 heteroatoms. The Morgan fingerprint density at radius 3 is 2.39 bits per heavy atom. The molecule has 1 amide bonds. The Balaban J connectivity index is 1.58. The summed E-state index contributed by atoms with van der Waals surface area (Å²) < 4.78 is 5.22. The number of amides is 1. The van der Waals surface area contributed by atoms with Crippen LogP contribution in [-0.4, -0.2) is 39.6 Å². The molecule has 1 N–H and O–H groups in total. The summed E-state index contributed by atoms with van der Waals surface area (Å²) in [5, 5.41) is 1.67. The first-order valence-electron chi connectivity index (χ1n) is 10.9. The normalized spacial score (nSPS) is 32.8. The summed E-state index contributed by atoms with van der Waals surface area (Å²) in [4.78, 5) is 13.2. The van der Waals surface area contributed by atoms with Crippen molar-refractivity contribution in [1.29, 1.82) is 0 Å². The molecule has 4 nitrogen and oxygen atoms in total. The van der Waals surface area contributed by atoms with Gasteiger partial charge in [0.05, 0.1) is 11.6 Å². The molecule has 0 saturated heterocycles. The number of carbonyl (C=O) groups excluding carboxylic acids is 1. The lowest BCUT2D eigenvalue weighted by Crippen LogP contribution is -2.61. The molecule has 2 fully saturated rings. The first-order chi connectivity index (χ1) is 13.3.